The predicted octanol–water partition coefficient (Wildman–Crippen LogP) is 1.32. The van der Waals surface area contributed by atoms with Crippen molar-refractivity contribution < 1.29 is 9.59 Å². The maximum atomic E-state index is 11.3. The van der Waals surface area contributed by atoms with E-state index in [9.17, 15) is 9.59 Å². The molecule has 4 N–H and O–H groups in total. The highest BCUT2D eigenvalue weighted by Crippen LogP contribution is 2.21. The highest BCUT2D eigenvalue weighted by atomic mass is 35.5. The molecule has 0 atom stereocenters. The first-order valence-corrected chi connectivity index (χ1v) is 6.12. The molecule has 0 heterocycles. The molecule has 1 aromatic rings. The average molecular weight is 270 g/mol. The van der Waals surface area contributed by atoms with Gasteiger partial charge in [0.1, 0.15) is 5.88 Å². The highest BCUT2D eigenvalue weighted by molar-refractivity contribution is 6.29. The molecule has 5 nitrogen and oxygen atoms in total. The minimum Gasteiger partial charge on any atom is -0.325 e. The van der Waals surface area contributed by atoms with Gasteiger partial charge in [-0.3, -0.25) is 9.59 Å². The molecule has 1 aromatic carbocycles. The molecule has 0 aliphatic carbocycles. The molecule has 0 spiro atoms. The molecule has 98 valence electrons. The normalized spacial score (nSPS) is 9.94. The van der Waals surface area contributed by atoms with Crippen LogP contribution in [-0.4, -0.2) is 24.2 Å². The van der Waals surface area contributed by atoms with E-state index in [2.05, 4.69) is 10.6 Å². The Labute approximate surface area is 111 Å². The number of halogens is 1. The number of hydrogen-bond donors (Lipinski definition) is 3. The third kappa shape index (κ3) is 4.01. The molecule has 18 heavy (non-hydrogen) atoms. The Morgan fingerprint density at radius 3 is 2.56 bits per heavy atom. The number of hydrogen-bond acceptors (Lipinski definition) is 3. The van der Waals surface area contributed by atoms with Crippen molar-refractivity contribution in [3.63, 3.8) is 0 Å². The van der Waals surface area contributed by atoms with Gasteiger partial charge in [0.25, 0.3) is 0 Å². The van der Waals surface area contributed by atoms with Gasteiger partial charge in [0.2, 0.25) is 11.8 Å². The number of rotatable bonds is 5. The van der Waals surface area contributed by atoms with E-state index in [0.717, 1.165) is 12.0 Å². The second-order valence-electron chi connectivity index (χ2n) is 3.66. The van der Waals surface area contributed by atoms with Crippen molar-refractivity contribution in [1.82, 2.24) is 0 Å². The van der Waals surface area contributed by atoms with Gasteiger partial charge in [0.15, 0.2) is 0 Å². The predicted molar refractivity (Wildman–Crippen MR) is 72.9 cm³/mol. The first-order valence-electron chi connectivity index (χ1n) is 5.59. The lowest BCUT2D eigenvalue weighted by atomic mass is 10.1. The quantitative estimate of drug-likeness (QED) is 0.705. The number of aryl methyl sites for hydroxylation is 1. The first-order chi connectivity index (χ1) is 8.60. The molecular formula is C12H16ClN3O2. The van der Waals surface area contributed by atoms with Gasteiger partial charge >= 0.3 is 0 Å². The van der Waals surface area contributed by atoms with E-state index in [1.54, 1.807) is 12.1 Å². The zero-order valence-electron chi connectivity index (χ0n) is 10.1. The summed E-state index contributed by atoms with van der Waals surface area (Å²) >= 11 is 5.41. The third-order valence-electron chi connectivity index (χ3n) is 2.36. The summed E-state index contributed by atoms with van der Waals surface area (Å²) in [5, 5.41) is 5.32. The van der Waals surface area contributed by atoms with Crippen molar-refractivity contribution in [3.05, 3.63) is 23.8 Å². The van der Waals surface area contributed by atoms with E-state index in [1.807, 2.05) is 13.0 Å². The van der Waals surface area contributed by atoms with E-state index in [0.29, 0.717) is 11.4 Å². The fourth-order valence-corrected chi connectivity index (χ4v) is 1.54. The Balaban J connectivity index is 2.94. The van der Waals surface area contributed by atoms with Gasteiger partial charge in [-0.25, -0.2) is 0 Å². The lowest BCUT2D eigenvalue weighted by Crippen LogP contribution is -2.22. The molecule has 0 fully saturated rings. The molecular weight excluding hydrogens is 254 g/mol. The highest BCUT2D eigenvalue weighted by Gasteiger charge is 2.07. The lowest BCUT2D eigenvalue weighted by molar-refractivity contribution is -0.115. The molecule has 0 aromatic heterocycles. The second-order valence-corrected chi connectivity index (χ2v) is 3.93. The van der Waals surface area contributed by atoms with Gasteiger partial charge in [0.05, 0.1) is 6.54 Å². The molecule has 1 rings (SSSR count). The molecule has 6 heteroatoms. The van der Waals surface area contributed by atoms with Crippen molar-refractivity contribution in [2.75, 3.05) is 23.1 Å². The van der Waals surface area contributed by atoms with Crippen LogP contribution in [0.5, 0.6) is 0 Å². The van der Waals surface area contributed by atoms with E-state index in [-0.39, 0.29) is 24.2 Å². The van der Waals surface area contributed by atoms with Crippen LogP contribution in [0.15, 0.2) is 18.2 Å². The number of nitrogens with one attached hydrogen (secondary N) is 2. The molecule has 2 amide bonds. The van der Waals surface area contributed by atoms with Gasteiger partial charge in [-0.15, -0.1) is 11.6 Å². The topological polar surface area (TPSA) is 84.2 Å². The Morgan fingerprint density at radius 2 is 2.00 bits per heavy atom. The van der Waals surface area contributed by atoms with Crippen LogP contribution in [-0.2, 0) is 16.0 Å². The number of alkyl halides is 1. The molecule has 0 aliphatic heterocycles. The van der Waals surface area contributed by atoms with Gasteiger partial charge in [-0.2, -0.15) is 0 Å². The van der Waals surface area contributed by atoms with Crippen LogP contribution in [0.2, 0.25) is 0 Å². The van der Waals surface area contributed by atoms with Crippen molar-refractivity contribution in [3.8, 4) is 0 Å². The summed E-state index contributed by atoms with van der Waals surface area (Å²) in [5.74, 6) is -0.678. The number of carbonyl (C=O) groups excluding carboxylic acids is 2. The third-order valence-corrected chi connectivity index (χ3v) is 2.60. The van der Waals surface area contributed by atoms with Crippen LogP contribution in [0.4, 0.5) is 11.4 Å². The minimum atomic E-state index is -0.294. The number of carbonyl (C=O) groups is 2. The standard InChI is InChI=1S/C12H16ClN3O2/c1-2-8-3-4-9(15-11(17)6-13)5-10(8)16-12(18)7-14/h3-5H,2,6-7,14H2,1H3,(H,15,17)(H,16,18). The molecule has 0 bridgehead atoms. The molecule has 0 radical (unpaired) electrons. The summed E-state index contributed by atoms with van der Waals surface area (Å²) in [6.45, 7) is 1.89. The first kappa shape index (κ1) is 14.5. The average Bonchev–Trinajstić information content (AvgIpc) is 2.38. The Kier molecular flexibility index (Phi) is 5.61. The number of anilines is 2. The van der Waals surface area contributed by atoms with E-state index >= 15 is 0 Å². The zero-order valence-corrected chi connectivity index (χ0v) is 10.9. The van der Waals surface area contributed by atoms with E-state index in [1.165, 1.54) is 0 Å². The van der Waals surface area contributed by atoms with Crippen LogP contribution in [0.1, 0.15) is 12.5 Å². The Hall–Kier alpha value is -1.59. The van der Waals surface area contributed by atoms with Crippen LogP contribution in [0.25, 0.3) is 0 Å². The number of nitrogens with two attached hydrogens (primary N) is 1. The van der Waals surface area contributed by atoms with Gasteiger partial charge < -0.3 is 16.4 Å². The van der Waals surface area contributed by atoms with Gasteiger partial charge in [-0.05, 0) is 24.1 Å². The lowest BCUT2D eigenvalue weighted by Gasteiger charge is -2.12. The molecule has 0 unspecified atom stereocenters. The molecule has 0 saturated heterocycles. The van der Waals surface area contributed by atoms with Gasteiger partial charge in [-0.1, -0.05) is 13.0 Å². The largest absolute Gasteiger partial charge is 0.325 e. The maximum absolute atomic E-state index is 11.3. The number of amides is 2. The SMILES string of the molecule is CCc1ccc(NC(=O)CCl)cc1NC(=O)CN. The zero-order chi connectivity index (χ0) is 13.5. The maximum Gasteiger partial charge on any atom is 0.239 e. The van der Waals surface area contributed by atoms with E-state index in [4.69, 9.17) is 17.3 Å². The molecule has 0 saturated carbocycles. The van der Waals surface area contributed by atoms with Crippen molar-refractivity contribution in [2.45, 2.75) is 13.3 Å². The summed E-state index contributed by atoms with van der Waals surface area (Å²) in [5.41, 5.74) is 7.47. The van der Waals surface area contributed by atoms with Crippen molar-refractivity contribution in [2.24, 2.45) is 5.73 Å². The van der Waals surface area contributed by atoms with Crippen molar-refractivity contribution in [1.29, 1.82) is 0 Å². The number of benzene rings is 1. The fraction of sp³-hybridized carbons (Fsp3) is 0.333. The van der Waals surface area contributed by atoms with Crippen LogP contribution in [0.3, 0.4) is 0 Å². The Morgan fingerprint density at radius 1 is 1.28 bits per heavy atom. The summed E-state index contributed by atoms with van der Waals surface area (Å²) in [6, 6.07) is 5.30. The van der Waals surface area contributed by atoms with Crippen LogP contribution in [0, 0.1) is 0 Å². The van der Waals surface area contributed by atoms with Crippen LogP contribution < -0.4 is 16.4 Å². The van der Waals surface area contributed by atoms with Gasteiger partial charge in [0, 0.05) is 11.4 Å². The smallest absolute Gasteiger partial charge is 0.239 e. The van der Waals surface area contributed by atoms with Crippen LogP contribution >= 0.6 is 11.6 Å². The summed E-state index contributed by atoms with van der Waals surface area (Å²) in [6.07, 6.45) is 0.768. The summed E-state index contributed by atoms with van der Waals surface area (Å²) in [7, 11) is 0. The fourth-order valence-electron chi connectivity index (χ4n) is 1.47. The second kappa shape index (κ2) is 6.98. The van der Waals surface area contributed by atoms with E-state index < -0.39 is 0 Å². The monoisotopic (exact) mass is 269 g/mol. The van der Waals surface area contributed by atoms with Crippen molar-refractivity contribution >= 4 is 34.8 Å². The summed E-state index contributed by atoms with van der Waals surface area (Å²) < 4.78 is 0. The minimum absolute atomic E-state index is 0.0819. The summed E-state index contributed by atoms with van der Waals surface area (Å²) in [4.78, 5) is 22.5. The Bertz CT molecular complexity index is 449. The molecule has 0 aliphatic rings.